The molecule has 196 valence electrons. The molecule has 0 fully saturated rings. The van der Waals surface area contributed by atoms with Gasteiger partial charge in [-0.3, -0.25) is 9.10 Å². The van der Waals surface area contributed by atoms with Crippen LogP contribution in [-0.2, 0) is 14.8 Å². The smallest absolute Gasteiger partial charge is 0.264 e. The second-order valence-electron chi connectivity index (χ2n) is 8.66. The summed E-state index contributed by atoms with van der Waals surface area (Å²) in [6.45, 7) is 3.78. The number of nitrogens with zero attached hydrogens (tertiary/aromatic N) is 1. The van der Waals surface area contributed by atoms with Crippen molar-refractivity contribution in [2.24, 2.45) is 0 Å². The average Bonchev–Trinajstić information content (AvgIpc) is 2.92. The van der Waals surface area contributed by atoms with E-state index in [9.17, 15) is 17.6 Å². The predicted octanol–water partition coefficient (Wildman–Crippen LogP) is 5.63. The van der Waals surface area contributed by atoms with Gasteiger partial charge in [-0.05, 0) is 79.1 Å². The number of halogens is 1. The van der Waals surface area contributed by atoms with Gasteiger partial charge < -0.3 is 10.1 Å². The van der Waals surface area contributed by atoms with Crippen molar-refractivity contribution in [2.75, 3.05) is 17.5 Å². The molecule has 4 rings (SSSR count). The van der Waals surface area contributed by atoms with E-state index in [-0.39, 0.29) is 10.6 Å². The topological polar surface area (TPSA) is 75.7 Å². The van der Waals surface area contributed by atoms with Crippen LogP contribution in [0.2, 0.25) is 0 Å². The second kappa shape index (κ2) is 11.9. The van der Waals surface area contributed by atoms with Crippen molar-refractivity contribution in [3.05, 3.63) is 126 Å². The molecule has 0 aromatic heterocycles. The van der Waals surface area contributed by atoms with Crippen molar-refractivity contribution in [3.63, 3.8) is 0 Å². The van der Waals surface area contributed by atoms with Gasteiger partial charge in [-0.15, -0.1) is 0 Å². The molecule has 0 aliphatic heterocycles. The first kappa shape index (κ1) is 26.9. The lowest BCUT2D eigenvalue weighted by Crippen LogP contribution is -2.42. The van der Waals surface area contributed by atoms with Crippen LogP contribution in [0.4, 0.5) is 10.1 Å². The molecule has 0 bridgehead atoms. The summed E-state index contributed by atoms with van der Waals surface area (Å²) in [6.07, 6.45) is 0. The number of nitrogens with one attached hydrogen (secondary N) is 1. The SMILES string of the molecule is CCOc1ccc(N(CC(=O)N[C@H](c2ccccc2)c2ccccc2C)S(=O)(=O)c2ccc(F)cc2)cc1. The first-order chi connectivity index (χ1) is 18.3. The fraction of sp³-hybridized carbons (Fsp3) is 0.167. The zero-order valence-corrected chi connectivity index (χ0v) is 22.0. The van der Waals surface area contributed by atoms with Gasteiger partial charge in [0.25, 0.3) is 10.0 Å². The molecule has 0 saturated carbocycles. The van der Waals surface area contributed by atoms with Gasteiger partial charge in [-0.2, -0.15) is 0 Å². The largest absolute Gasteiger partial charge is 0.494 e. The van der Waals surface area contributed by atoms with E-state index in [1.807, 2.05) is 68.4 Å². The number of hydrogen-bond donors (Lipinski definition) is 1. The van der Waals surface area contributed by atoms with Crippen LogP contribution in [0.15, 0.2) is 108 Å². The molecular formula is C30H29FN2O4S. The number of rotatable bonds is 10. The maximum atomic E-state index is 13.7. The van der Waals surface area contributed by atoms with Gasteiger partial charge in [0, 0.05) is 0 Å². The highest BCUT2D eigenvalue weighted by Gasteiger charge is 2.29. The maximum absolute atomic E-state index is 13.7. The molecule has 1 atom stereocenters. The van der Waals surface area contributed by atoms with Gasteiger partial charge in [0.15, 0.2) is 0 Å². The van der Waals surface area contributed by atoms with Gasteiger partial charge in [-0.25, -0.2) is 12.8 Å². The van der Waals surface area contributed by atoms with E-state index in [4.69, 9.17) is 4.74 Å². The summed E-state index contributed by atoms with van der Waals surface area (Å²) in [5, 5.41) is 3.03. The molecule has 0 unspecified atom stereocenters. The monoisotopic (exact) mass is 532 g/mol. The number of carbonyl (C=O) groups excluding carboxylic acids is 1. The lowest BCUT2D eigenvalue weighted by molar-refractivity contribution is -0.120. The minimum absolute atomic E-state index is 0.126. The van der Waals surface area contributed by atoms with Crippen molar-refractivity contribution < 1.29 is 22.3 Å². The third-order valence-electron chi connectivity index (χ3n) is 6.06. The Kier molecular flexibility index (Phi) is 8.43. The summed E-state index contributed by atoms with van der Waals surface area (Å²) in [5.74, 6) is -0.483. The van der Waals surface area contributed by atoms with Gasteiger partial charge in [-0.1, -0.05) is 54.6 Å². The quantitative estimate of drug-likeness (QED) is 0.287. The van der Waals surface area contributed by atoms with Crippen LogP contribution < -0.4 is 14.4 Å². The Balaban J connectivity index is 1.69. The molecule has 8 heteroatoms. The number of carbonyl (C=O) groups is 1. The van der Waals surface area contributed by atoms with E-state index in [1.165, 1.54) is 12.1 Å². The summed E-state index contributed by atoms with van der Waals surface area (Å²) in [6, 6.07) is 27.7. The van der Waals surface area contributed by atoms with Crippen LogP contribution in [0.25, 0.3) is 0 Å². The zero-order valence-electron chi connectivity index (χ0n) is 21.2. The Morgan fingerprint density at radius 1 is 0.895 bits per heavy atom. The fourth-order valence-electron chi connectivity index (χ4n) is 4.16. The van der Waals surface area contributed by atoms with Crippen molar-refractivity contribution in [1.82, 2.24) is 5.32 Å². The van der Waals surface area contributed by atoms with E-state index in [1.54, 1.807) is 24.3 Å². The third-order valence-corrected chi connectivity index (χ3v) is 7.85. The molecule has 0 aliphatic rings. The summed E-state index contributed by atoms with van der Waals surface area (Å²) in [4.78, 5) is 13.4. The third kappa shape index (κ3) is 6.20. The van der Waals surface area contributed by atoms with Crippen LogP contribution in [0.3, 0.4) is 0 Å². The highest BCUT2D eigenvalue weighted by atomic mass is 32.2. The van der Waals surface area contributed by atoms with E-state index in [0.29, 0.717) is 12.4 Å². The lowest BCUT2D eigenvalue weighted by Gasteiger charge is -2.27. The van der Waals surface area contributed by atoms with Crippen molar-refractivity contribution >= 4 is 21.6 Å². The van der Waals surface area contributed by atoms with Crippen LogP contribution in [-0.4, -0.2) is 27.5 Å². The Morgan fingerprint density at radius 3 is 2.16 bits per heavy atom. The Bertz CT molecular complexity index is 1480. The predicted molar refractivity (Wildman–Crippen MR) is 146 cm³/mol. The molecule has 0 radical (unpaired) electrons. The number of aryl methyl sites for hydroxylation is 1. The second-order valence-corrected chi connectivity index (χ2v) is 10.5. The molecule has 4 aromatic rings. The molecule has 1 amide bonds. The van der Waals surface area contributed by atoms with Gasteiger partial charge in [0.2, 0.25) is 5.91 Å². The summed E-state index contributed by atoms with van der Waals surface area (Å²) in [7, 11) is -4.20. The Morgan fingerprint density at radius 2 is 1.53 bits per heavy atom. The normalized spacial score (nSPS) is 12.0. The fourth-order valence-corrected chi connectivity index (χ4v) is 5.58. The molecule has 0 aliphatic carbocycles. The summed E-state index contributed by atoms with van der Waals surface area (Å²) < 4.78 is 47.4. The van der Waals surface area contributed by atoms with E-state index < -0.39 is 34.3 Å². The standard InChI is InChI=1S/C30H29FN2O4S/c1-3-37-26-17-15-25(16-18-26)33(38(35,36)27-19-13-24(31)14-20-27)21-29(34)32-30(23-10-5-4-6-11-23)28-12-8-7-9-22(28)2/h4-20,30H,3,21H2,1-2H3,(H,32,34)/t30-/m1/s1. The van der Waals surface area contributed by atoms with Crippen molar-refractivity contribution in [2.45, 2.75) is 24.8 Å². The number of amides is 1. The molecule has 1 N–H and O–H groups in total. The van der Waals surface area contributed by atoms with Crippen LogP contribution >= 0.6 is 0 Å². The van der Waals surface area contributed by atoms with E-state index in [0.717, 1.165) is 33.1 Å². The number of anilines is 1. The van der Waals surface area contributed by atoms with E-state index in [2.05, 4.69) is 5.32 Å². The van der Waals surface area contributed by atoms with Gasteiger partial charge in [0.05, 0.1) is 23.2 Å². The maximum Gasteiger partial charge on any atom is 0.264 e. The number of benzene rings is 4. The zero-order chi connectivity index (χ0) is 27.1. The molecule has 0 spiro atoms. The van der Waals surface area contributed by atoms with Crippen LogP contribution in [0.1, 0.15) is 29.7 Å². The summed E-state index contributed by atoms with van der Waals surface area (Å²) in [5.41, 5.74) is 3.04. The highest BCUT2D eigenvalue weighted by Crippen LogP contribution is 2.28. The molecule has 0 saturated heterocycles. The van der Waals surface area contributed by atoms with Gasteiger partial charge >= 0.3 is 0 Å². The van der Waals surface area contributed by atoms with Crippen LogP contribution in [0.5, 0.6) is 5.75 Å². The number of hydrogen-bond acceptors (Lipinski definition) is 4. The molecular weight excluding hydrogens is 503 g/mol. The average molecular weight is 533 g/mol. The van der Waals surface area contributed by atoms with Gasteiger partial charge in [0.1, 0.15) is 18.1 Å². The Hall–Kier alpha value is -4.17. The van der Waals surface area contributed by atoms with Crippen molar-refractivity contribution in [3.8, 4) is 5.75 Å². The lowest BCUT2D eigenvalue weighted by atomic mass is 9.95. The Labute approximate surface area is 222 Å². The highest BCUT2D eigenvalue weighted by molar-refractivity contribution is 7.92. The molecule has 6 nitrogen and oxygen atoms in total. The first-order valence-corrected chi connectivity index (χ1v) is 13.6. The number of sulfonamides is 1. The molecule has 4 aromatic carbocycles. The molecule has 38 heavy (non-hydrogen) atoms. The summed E-state index contributed by atoms with van der Waals surface area (Å²) >= 11 is 0. The van der Waals surface area contributed by atoms with Crippen molar-refractivity contribution in [1.29, 1.82) is 0 Å². The molecule has 0 heterocycles. The number of ether oxygens (including phenoxy) is 1. The minimum Gasteiger partial charge on any atom is -0.494 e. The minimum atomic E-state index is -4.20. The first-order valence-electron chi connectivity index (χ1n) is 12.2. The van der Waals surface area contributed by atoms with E-state index >= 15 is 0 Å². The van der Waals surface area contributed by atoms with Crippen LogP contribution in [0, 0.1) is 12.7 Å².